The third-order valence-corrected chi connectivity index (χ3v) is 3.35. The molecule has 1 atom stereocenters. The van der Waals surface area contributed by atoms with E-state index in [1.54, 1.807) is 0 Å². The highest BCUT2D eigenvalue weighted by Gasteiger charge is 2.08. The summed E-state index contributed by atoms with van der Waals surface area (Å²) >= 11 is 1.99. The lowest BCUT2D eigenvalue weighted by atomic mass is 10.1. The van der Waals surface area contributed by atoms with Crippen molar-refractivity contribution in [1.82, 2.24) is 0 Å². The molecule has 0 aromatic heterocycles. The molecule has 0 aromatic rings. The second-order valence-electron chi connectivity index (χ2n) is 3.58. The number of aliphatic hydroxyl groups excluding tert-OH is 1. The molecule has 1 aliphatic rings. The maximum absolute atomic E-state index is 9.53. The number of hydrogen-bond acceptors (Lipinski definition) is 2. The number of aliphatic hydroxyl groups is 1. The van der Waals surface area contributed by atoms with Gasteiger partial charge in [0.05, 0.1) is 6.10 Å². The van der Waals surface area contributed by atoms with Crippen LogP contribution in [0.4, 0.5) is 0 Å². The normalized spacial score (nSPS) is 23.8. The first kappa shape index (κ1) is 11.1. The topological polar surface area (TPSA) is 20.2 Å². The molecule has 0 aromatic carbocycles. The lowest BCUT2D eigenvalue weighted by Crippen LogP contribution is -2.00. The van der Waals surface area contributed by atoms with Crippen molar-refractivity contribution in [2.75, 3.05) is 11.5 Å². The maximum Gasteiger partial charge on any atom is 0.0723 e. The monoisotopic (exact) mass is 200 g/mol. The highest BCUT2D eigenvalue weighted by Crippen LogP contribution is 2.21. The average molecular weight is 200 g/mol. The highest BCUT2D eigenvalue weighted by molar-refractivity contribution is 7.99. The highest BCUT2D eigenvalue weighted by atomic mass is 32.2. The summed E-state index contributed by atoms with van der Waals surface area (Å²) in [6.45, 7) is 2.20. The lowest BCUT2D eigenvalue weighted by Gasteiger charge is -2.05. The zero-order valence-corrected chi connectivity index (χ0v) is 9.28. The van der Waals surface area contributed by atoms with Gasteiger partial charge in [0.1, 0.15) is 0 Å². The molecule has 1 N–H and O–H groups in total. The van der Waals surface area contributed by atoms with Crippen LogP contribution in [0.2, 0.25) is 0 Å². The van der Waals surface area contributed by atoms with Crippen LogP contribution >= 0.6 is 11.8 Å². The zero-order chi connectivity index (χ0) is 9.52. The van der Waals surface area contributed by atoms with E-state index >= 15 is 0 Å². The predicted molar refractivity (Wildman–Crippen MR) is 60.2 cm³/mol. The SMILES string of the molecule is CCSCCC1=CC(O)CCCC1. The van der Waals surface area contributed by atoms with Crippen molar-refractivity contribution >= 4 is 11.8 Å². The molecule has 0 heterocycles. The first-order valence-electron chi connectivity index (χ1n) is 5.28. The summed E-state index contributed by atoms with van der Waals surface area (Å²) in [7, 11) is 0. The fourth-order valence-electron chi connectivity index (χ4n) is 1.70. The summed E-state index contributed by atoms with van der Waals surface area (Å²) in [5, 5.41) is 9.53. The van der Waals surface area contributed by atoms with Gasteiger partial charge in [-0.05, 0) is 37.2 Å². The molecular formula is C11H20OS. The number of hydrogen-bond donors (Lipinski definition) is 1. The Morgan fingerprint density at radius 3 is 3.15 bits per heavy atom. The van der Waals surface area contributed by atoms with E-state index in [1.165, 1.54) is 42.8 Å². The molecule has 1 rings (SSSR count). The smallest absolute Gasteiger partial charge is 0.0723 e. The van der Waals surface area contributed by atoms with Gasteiger partial charge in [-0.15, -0.1) is 0 Å². The Balaban J connectivity index is 2.28. The molecule has 2 heteroatoms. The molecule has 0 saturated heterocycles. The minimum absolute atomic E-state index is 0.163. The largest absolute Gasteiger partial charge is 0.389 e. The standard InChI is InChI=1S/C11H20OS/c1-2-13-8-7-10-5-3-4-6-11(12)9-10/h9,11-12H,2-8H2,1H3. The van der Waals surface area contributed by atoms with E-state index in [-0.39, 0.29) is 6.10 Å². The second kappa shape index (κ2) is 6.50. The molecule has 0 amide bonds. The molecule has 1 unspecified atom stereocenters. The van der Waals surface area contributed by atoms with Gasteiger partial charge in [0, 0.05) is 0 Å². The first-order chi connectivity index (χ1) is 6.33. The van der Waals surface area contributed by atoms with E-state index < -0.39 is 0 Å². The predicted octanol–water partition coefficient (Wildman–Crippen LogP) is 2.99. The fraction of sp³-hybridized carbons (Fsp3) is 0.818. The Bertz CT molecular complexity index is 165. The maximum atomic E-state index is 9.53. The van der Waals surface area contributed by atoms with Crippen LogP contribution < -0.4 is 0 Å². The van der Waals surface area contributed by atoms with Crippen molar-refractivity contribution in [3.63, 3.8) is 0 Å². The Kier molecular flexibility index (Phi) is 5.56. The summed E-state index contributed by atoms with van der Waals surface area (Å²) < 4.78 is 0. The quantitative estimate of drug-likeness (QED) is 0.556. The summed E-state index contributed by atoms with van der Waals surface area (Å²) in [4.78, 5) is 0. The van der Waals surface area contributed by atoms with Gasteiger partial charge in [0.15, 0.2) is 0 Å². The molecule has 13 heavy (non-hydrogen) atoms. The van der Waals surface area contributed by atoms with Gasteiger partial charge in [0.25, 0.3) is 0 Å². The van der Waals surface area contributed by atoms with Crippen molar-refractivity contribution in [3.8, 4) is 0 Å². The third-order valence-electron chi connectivity index (χ3n) is 2.45. The van der Waals surface area contributed by atoms with Crippen molar-refractivity contribution in [1.29, 1.82) is 0 Å². The molecule has 76 valence electrons. The van der Waals surface area contributed by atoms with Gasteiger partial charge < -0.3 is 5.11 Å². The number of allylic oxidation sites excluding steroid dienone is 1. The van der Waals surface area contributed by atoms with Gasteiger partial charge in [-0.2, -0.15) is 11.8 Å². The van der Waals surface area contributed by atoms with Crippen molar-refractivity contribution in [2.45, 2.75) is 45.1 Å². The van der Waals surface area contributed by atoms with Crippen LogP contribution in [0.25, 0.3) is 0 Å². The Morgan fingerprint density at radius 1 is 1.54 bits per heavy atom. The minimum Gasteiger partial charge on any atom is -0.389 e. The van der Waals surface area contributed by atoms with E-state index in [2.05, 4.69) is 13.0 Å². The van der Waals surface area contributed by atoms with E-state index in [1.807, 2.05) is 11.8 Å². The Morgan fingerprint density at radius 2 is 2.38 bits per heavy atom. The van der Waals surface area contributed by atoms with Gasteiger partial charge in [-0.1, -0.05) is 25.0 Å². The molecule has 0 radical (unpaired) electrons. The van der Waals surface area contributed by atoms with Gasteiger partial charge in [0.2, 0.25) is 0 Å². The van der Waals surface area contributed by atoms with E-state index in [0.717, 1.165) is 6.42 Å². The minimum atomic E-state index is -0.163. The molecule has 0 bridgehead atoms. The zero-order valence-electron chi connectivity index (χ0n) is 8.46. The Labute approximate surface area is 85.6 Å². The summed E-state index contributed by atoms with van der Waals surface area (Å²) in [6.07, 6.45) is 7.72. The van der Waals surface area contributed by atoms with Crippen molar-refractivity contribution < 1.29 is 5.11 Å². The van der Waals surface area contributed by atoms with Gasteiger partial charge >= 0.3 is 0 Å². The van der Waals surface area contributed by atoms with Crippen LogP contribution in [-0.2, 0) is 0 Å². The van der Waals surface area contributed by atoms with E-state index in [9.17, 15) is 5.11 Å². The summed E-state index contributed by atoms with van der Waals surface area (Å²) in [5.74, 6) is 2.42. The van der Waals surface area contributed by atoms with Gasteiger partial charge in [-0.25, -0.2) is 0 Å². The average Bonchev–Trinajstić information content (AvgIpc) is 2.31. The first-order valence-corrected chi connectivity index (χ1v) is 6.43. The van der Waals surface area contributed by atoms with Crippen LogP contribution in [0, 0.1) is 0 Å². The van der Waals surface area contributed by atoms with Crippen molar-refractivity contribution in [3.05, 3.63) is 11.6 Å². The molecule has 1 aliphatic carbocycles. The summed E-state index contributed by atoms with van der Waals surface area (Å²) in [6, 6.07) is 0. The lowest BCUT2D eigenvalue weighted by molar-refractivity contribution is 0.211. The van der Waals surface area contributed by atoms with Crippen LogP contribution in [-0.4, -0.2) is 22.7 Å². The molecule has 1 nitrogen and oxygen atoms in total. The van der Waals surface area contributed by atoms with E-state index in [0.29, 0.717) is 0 Å². The van der Waals surface area contributed by atoms with Crippen LogP contribution in [0.5, 0.6) is 0 Å². The van der Waals surface area contributed by atoms with Gasteiger partial charge in [-0.3, -0.25) is 0 Å². The second-order valence-corrected chi connectivity index (χ2v) is 4.98. The molecule has 0 spiro atoms. The number of rotatable bonds is 4. The molecular weight excluding hydrogens is 180 g/mol. The Hall–Kier alpha value is 0.0500. The van der Waals surface area contributed by atoms with E-state index in [4.69, 9.17) is 0 Å². The number of thioether (sulfide) groups is 1. The molecule has 0 fully saturated rings. The van der Waals surface area contributed by atoms with Crippen molar-refractivity contribution in [2.24, 2.45) is 0 Å². The van der Waals surface area contributed by atoms with Crippen LogP contribution in [0.15, 0.2) is 11.6 Å². The fourth-order valence-corrected chi connectivity index (χ4v) is 2.40. The van der Waals surface area contributed by atoms with Crippen LogP contribution in [0.1, 0.15) is 39.0 Å². The molecule has 0 aliphatic heterocycles. The summed E-state index contributed by atoms with van der Waals surface area (Å²) in [5.41, 5.74) is 1.48. The van der Waals surface area contributed by atoms with Crippen LogP contribution in [0.3, 0.4) is 0 Å². The third kappa shape index (κ3) is 4.72. The molecule has 0 saturated carbocycles.